The van der Waals surface area contributed by atoms with E-state index in [-0.39, 0.29) is 0 Å². The van der Waals surface area contributed by atoms with Gasteiger partial charge < -0.3 is 15.4 Å². The maximum absolute atomic E-state index is 12.0. The molecule has 2 amide bonds. The van der Waals surface area contributed by atoms with Crippen molar-refractivity contribution < 1.29 is 19.1 Å². The van der Waals surface area contributed by atoms with E-state index in [9.17, 15) is 14.4 Å². The Labute approximate surface area is 146 Å². The van der Waals surface area contributed by atoms with Gasteiger partial charge in [-0.3, -0.25) is 9.59 Å². The number of amides is 2. The van der Waals surface area contributed by atoms with Crippen molar-refractivity contribution in [1.82, 2.24) is 0 Å². The van der Waals surface area contributed by atoms with Gasteiger partial charge in [0.05, 0.1) is 12.7 Å². The lowest BCUT2D eigenvalue weighted by Crippen LogP contribution is -2.29. The highest BCUT2D eigenvalue weighted by Gasteiger charge is 2.14. The number of nitrogens with one attached hydrogen (secondary N) is 2. The third kappa shape index (κ3) is 4.91. The van der Waals surface area contributed by atoms with E-state index in [1.54, 1.807) is 12.1 Å². The number of hydrogen-bond donors (Lipinski definition) is 2. The van der Waals surface area contributed by atoms with Crippen molar-refractivity contribution in [3.63, 3.8) is 0 Å². The van der Waals surface area contributed by atoms with Gasteiger partial charge in [0, 0.05) is 11.4 Å². The van der Waals surface area contributed by atoms with E-state index in [2.05, 4.69) is 29.2 Å². The summed E-state index contributed by atoms with van der Waals surface area (Å²) < 4.78 is 4.59. The number of esters is 1. The maximum atomic E-state index is 12.0. The van der Waals surface area contributed by atoms with Crippen LogP contribution in [-0.2, 0) is 14.3 Å². The van der Waals surface area contributed by atoms with Crippen molar-refractivity contribution in [2.24, 2.45) is 0 Å². The minimum Gasteiger partial charge on any atom is -0.465 e. The van der Waals surface area contributed by atoms with Gasteiger partial charge in [0.1, 0.15) is 0 Å². The van der Waals surface area contributed by atoms with Crippen LogP contribution in [0.4, 0.5) is 11.4 Å². The van der Waals surface area contributed by atoms with Gasteiger partial charge in [0.25, 0.3) is 0 Å². The largest absolute Gasteiger partial charge is 0.465 e. The normalized spacial score (nSPS) is 10.2. The Bertz CT molecular complexity index is 765. The molecule has 0 aliphatic carbocycles. The molecule has 6 nitrogen and oxygen atoms in total. The number of carbonyl (C=O) groups is 3. The average Bonchev–Trinajstić information content (AvgIpc) is 2.62. The van der Waals surface area contributed by atoms with Crippen molar-refractivity contribution in [3.05, 3.63) is 59.7 Å². The Morgan fingerprint density at radius 1 is 0.800 bits per heavy atom. The molecule has 0 atom stereocenters. The van der Waals surface area contributed by atoms with E-state index in [0.29, 0.717) is 22.9 Å². The van der Waals surface area contributed by atoms with E-state index < -0.39 is 17.8 Å². The molecule has 0 fully saturated rings. The number of benzene rings is 2. The van der Waals surface area contributed by atoms with E-state index >= 15 is 0 Å². The third-order valence-electron chi connectivity index (χ3n) is 3.61. The monoisotopic (exact) mass is 340 g/mol. The van der Waals surface area contributed by atoms with E-state index in [1.807, 2.05) is 12.1 Å². The topological polar surface area (TPSA) is 84.5 Å². The van der Waals surface area contributed by atoms with Crippen LogP contribution in [-0.4, -0.2) is 24.9 Å². The summed E-state index contributed by atoms with van der Waals surface area (Å²) in [4.78, 5) is 35.3. The van der Waals surface area contributed by atoms with Gasteiger partial charge >= 0.3 is 17.8 Å². The van der Waals surface area contributed by atoms with E-state index in [4.69, 9.17) is 0 Å². The van der Waals surface area contributed by atoms with Crippen LogP contribution in [0.15, 0.2) is 48.5 Å². The lowest BCUT2D eigenvalue weighted by atomic mass is 10.0. The second-order valence-electron chi connectivity index (χ2n) is 5.75. The van der Waals surface area contributed by atoms with Crippen molar-refractivity contribution in [2.75, 3.05) is 17.7 Å². The van der Waals surface area contributed by atoms with Crippen LogP contribution in [0.5, 0.6) is 0 Å². The molecule has 0 bridgehead atoms. The molecule has 0 unspecified atom stereocenters. The van der Waals surface area contributed by atoms with Gasteiger partial charge in [-0.1, -0.05) is 26.0 Å². The molecule has 0 aromatic heterocycles. The first-order valence-electron chi connectivity index (χ1n) is 7.81. The lowest BCUT2D eigenvalue weighted by Gasteiger charge is -2.09. The van der Waals surface area contributed by atoms with Crippen molar-refractivity contribution in [1.29, 1.82) is 0 Å². The van der Waals surface area contributed by atoms with Gasteiger partial charge in [-0.15, -0.1) is 0 Å². The Morgan fingerprint density at radius 3 is 1.64 bits per heavy atom. The molecule has 0 heterocycles. The van der Waals surface area contributed by atoms with Gasteiger partial charge in [-0.2, -0.15) is 0 Å². The summed E-state index contributed by atoms with van der Waals surface area (Å²) in [6.45, 7) is 4.15. The summed E-state index contributed by atoms with van der Waals surface area (Å²) in [7, 11) is 1.29. The van der Waals surface area contributed by atoms with Gasteiger partial charge in [0.2, 0.25) is 0 Å². The summed E-state index contributed by atoms with van der Waals surface area (Å²) in [5.41, 5.74) is 2.46. The minimum absolute atomic E-state index is 0.357. The fourth-order valence-electron chi connectivity index (χ4n) is 2.13. The quantitative estimate of drug-likeness (QED) is 0.661. The number of hydrogen-bond acceptors (Lipinski definition) is 4. The molecule has 130 valence electrons. The summed E-state index contributed by atoms with van der Waals surface area (Å²) in [5, 5.41) is 5.01. The molecule has 0 aliphatic rings. The lowest BCUT2D eigenvalue weighted by molar-refractivity contribution is -0.132. The number of methoxy groups -OCH3 is 1. The summed E-state index contributed by atoms with van der Waals surface area (Å²) in [6.07, 6.45) is 0. The Balaban J connectivity index is 1.95. The summed E-state index contributed by atoms with van der Waals surface area (Å²) >= 11 is 0. The fourth-order valence-corrected chi connectivity index (χ4v) is 2.13. The highest BCUT2D eigenvalue weighted by atomic mass is 16.5. The molecule has 0 saturated heterocycles. The molecule has 0 radical (unpaired) electrons. The molecule has 2 aromatic carbocycles. The van der Waals surface area contributed by atoms with Crippen LogP contribution < -0.4 is 10.6 Å². The molecular weight excluding hydrogens is 320 g/mol. The first-order valence-corrected chi connectivity index (χ1v) is 7.81. The van der Waals surface area contributed by atoms with E-state index in [1.165, 1.54) is 31.4 Å². The predicted octanol–water partition coefficient (Wildman–Crippen LogP) is 3.17. The second-order valence-corrected chi connectivity index (χ2v) is 5.75. The maximum Gasteiger partial charge on any atom is 0.337 e. The van der Waals surface area contributed by atoms with Crippen LogP contribution in [0.3, 0.4) is 0 Å². The smallest absolute Gasteiger partial charge is 0.337 e. The van der Waals surface area contributed by atoms with Gasteiger partial charge in [-0.25, -0.2) is 4.79 Å². The number of carbonyl (C=O) groups excluding carboxylic acids is 3. The molecule has 0 saturated carbocycles. The average molecular weight is 340 g/mol. The zero-order chi connectivity index (χ0) is 18.4. The summed E-state index contributed by atoms with van der Waals surface area (Å²) in [6, 6.07) is 13.4. The Hall–Kier alpha value is -3.15. The molecule has 0 spiro atoms. The molecule has 2 N–H and O–H groups in total. The number of rotatable bonds is 4. The Kier molecular flexibility index (Phi) is 5.89. The SMILES string of the molecule is COC(=O)c1ccc(NC(=O)C(=O)Nc2ccc(C(C)C)cc2)cc1. The van der Waals surface area contributed by atoms with Crippen molar-refractivity contribution in [2.45, 2.75) is 19.8 Å². The van der Waals surface area contributed by atoms with Crippen LogP contribution in [0.1, 0.15) is 35.7 Å². The van der Waals surface area contributed by atoms with Crippen molar-refractivity contribution >= 4 is 29.2 Å². The van der Waals surface area contributed by atoms with Crippen LogP contribution in [0.2, 0.25) is 0 Å². The van der Waals surface area contributed by atoms with Gasteiger partial charge in [-0.05, 0) is 47.9 Å². The molecule has 2 aromatic rings. The van der Waals surface area contributed by atoms with Crippen LogP contribution in [0, 0.1) is 0 Å². The first kappa shape index (κ1) is 18.2. The minimum atomic E-state index is -0.793. The number of anilines is 2. The van der Waals surface area contributed by atoms with Crippen LogP contribution >= 0.6 is 0 Å². The fraction of sp³-hybridized carbons (Fsp3) is 0.211. The summed E-state index contributed by atoms with van der Waals surface area (Å²) in [5.74, 6) is -1.64. The zero-order valence-corrected chi connectivity index (χ0v) is 14.3. The highest BCUT2D eigenvalue weighted by Crippen LogP contribution is 2.17. The molecular formula is C19H20N2O4. The zero-order valence-electron chi connectivity index (χ0n) is 14.3. The third-order valence-corrected chi connectivity index (χ3v) is 3.61. The van der Waals surface area contributed by atoms with Gasteiger partial charge in [0.15, 0.2) is 0 Å². The van der Waals surface area contributed by atoms with Crippen LogP contribution in [0.25, 0.3) is 0 Å². The highest BCUT2D eigenvalue weighted by molar-refractivity contribution is 6.43. The predicted molar refractivity (Wildman–Crippen MR) is 95.6 cm³/mol. The molecule has 0 aliphatic heterocycles. The number of ether oxygens (including phenoxy) is 1. The second kappa shape index (κ2) is 8.10. The molecule has 6 heteroatoms. The van der Waals surface area contributed by atoms with E-state index in [0.717, 1.165) is 5.56 Å². The molecule has 25 heavy (non-hydrogen) atoms. The molecule has 2 rings (SSSR count). The Morgan fingerprint density at radius 2 is 1.24 bits per heavy atom. The van der Waals surface area contributed by atoms with Crippen molar-refractivity contribution in [3.8, 4) is 0 Å². The first-order chi connectivity index (χ1) is 11.9. The standard InChI is InChI=1S/C19H20N2O4/c1-12(2)13-4-8-15(9-5-13)20-17(22)18(23)21-16-10-6-14(7-11-16)19(24)25-3/h4-12H,1-3H3,(H,20,22)(H,21,23).